The van der Waals surface area contributed by atoms with Crippen molar-refractivity contribution in [2.24, 2.45) is 5.92 Å². The lowest BCUT2D eigenvalue weighted by atomic mass is 9.83. The molecule has 2 N–H and O–H groups in total. The van der Waals surface area contributed by atoms with Gasteiger partial charge in [-0.3, -0.25) is 9.59 Å². The Balaban J connectivity index is 1.56. The summed E-state index contributed by atoms with van der Waals surface area (Å²) in [6.45, 7) is 0.454. The number of thiazole rings is 1. The first-order valence-corrected chi connectivity index (χ1v) is 10.0. The maximum Gasteiger partial charge on any atom is 0.257 e. The van der Waals surface area contributed by atoms with Crippen molar-refractivity contribution in [2.75, 3.05) is 14.2 Å². The van der Waals surface area contributed by atoms with E-state index < -0.39 is 12.1 Å². The van der Waals surface area contributed by atoms with Gasteiger partial charge in [-0.05, 0) is 31.4 Å². The lowest BCUT2D eigenvalue weighted by molar-refractivity contribution is -0.137. The second kappa shape index (κ2) is 9.11. The number of hydrogen-bond acceptors (Lipinski definition) is 7. The molecular formula is C19H24N4O4S. The molecular weight excluding hydrogens is 380 g/mol. The van der Waals surface area contributed by atoms with Crippen LogP contribution in [0.25, 0.3) is 0 Å². The molecule has 3 rings (SSSR count). The van der Waals surface area contributed by atoms with Crippen LogP contribution in [0.4, 0.5) is 0 Å². The highest BCUT2D eigenvalue weighted by atomic mass is 32.1. The molecule has 2 aromatic heterocycles. The highest BCUT2D eigenvalue weighted by Crippen LogP contribution is 2.27. The molecule has 3 atom stereocenters. The largest absolute Gasteiger partial charge is 0.480 e. The Morgan fingerprint density at radius 3 is 2.89 bits per heavy atom. The Morgan fingerprint density at radius 2 is 2.21 bits per heavy atom. The van der Waals surface area contributed by atoms with Crippen molar-refractivity contribution in [1.29, 1.82) is 0 Å². The Morgan fingerprint density at radius 1 is 1.39 bits per heavy atom. The predicted octanol–water partition coefficient (Wildman–Crippen LogP) is 1.46. The van der Waals surface area contributed by atoms with Crippen molar-refractivity contribution >= 4 is 23.2 Å². The Bertz CT molecular complexity index is 814. The number of carbonyl (C=O) groups excluding carboxylic acids is 2. The third kappa shape index (κ3) is 4.66. The van der Waals surface area contributed by atoms with Gasteiger partial charge in [0.1, 0.15) is 5.56 Å². The Hall–Kier alpha value is -2.52. The van der Waals surface area contributed by atoms with Crippen LogP contribution in [-0.4, -0.2) is 58.1 Å². The molecule has 150 valence electrons. The third-order valence-electron chi connectivity index (χ3n) is 4.95. The summed E-state index contributed by atoms with van der Waals surface area (Å²) in [7, 11) is 3.20. The fraction of sp³-hybridized carbons (Fsp3) is 0.474. The van der Waals surface area contributed by atoms with Crippen LogP contribution in [-0.2, 0) is 11.3 Å². The van der Waals surface area contributed by atoms with E-state index in [1.807, 2.05) is 5.38 Å². The van der Waals surface area contributed by atoms with E-state index in [4.69, 9.17) is 4.74 Å². The Kier molecular flexibility index (Phi) is 6.58. The van der Waals surface area contributed by atoms with Crippen LogP contribution in [0.1, 0.15) is 35.3 Å². The van der Waals surface area contributed by atoms with Gasteiger partial charge in [-0.25, -0.2) is 9.97 Å². The van der Waals surface area contributed by atoms with Crippen LogP contribution >= 0.6 is 11.3 Å². The maximum absolute atomic E-state index is 12.7. The summed E-state index contributed by atoms with van der Waals surface area (Å²) >= 11 is 1.49. The average molecular weight is 404 g/mol. The number of rotatable bonds is 6. The quantitative estimate of drug-likeness (QED) is 0.755. The molecule has 2 amide bonds. The van der Waals surface area contributed by atoms with Crippen LogP contribution in [0.5, 0.6) is 5.88 Å². The van der Waals surface area contributed by atoms with Crippen molar-refractivity contribution in [2.45, 2.75) is 38.0 Å². The zero-order chi connectivity index (χ0) is 20.1. The number of nitrogens with zero attached hydrogens (tertiary/aromatic N) is 3. The van der Waals surface area contributed by atoms with E-state index in [1.54, 1.807) is 35.8 Å². The van der Waals surface area contributed by atoms with Gasteiger partial charge < -0.3 is 20.1 Å². The number of aromatic nitrogens is 2. The SMILES string of the molecule is COc1ncccc1C(=O)N[C@@H]1CC[C@H](C(=O)N(C)Cc2cscn2)C[C@H]1O. The number of methoxy groups -OCH3 is 1. The number of aliphatic hydroxyl groups is 1. The minimum absolute atomic E-state index is 0.00856. The molecule has 8 nitrogen and oxygen atoms in total. The topological polar surface area (TPSA) is 105 Å². The first-order valence-electron chi connectivity index (χ1n) is 9.09. The Labute approximate surface area is 167 Å². The molecule has 0 spiro atoms. The number of nitrogens with one attached hydrogen (secondary N) is 1. The molecule has 0 aromatic carbocycles. The summed E-state index contributed by atoms with van der Waals surface area (Å²) in [4.78, 5) is 35.1. The van der Waals surface area contributed by atoms with Crippen LogP contribution in [0.3, 0.4) is 0 Å². The van der Waals surface area contributed by atoms with Gasteiger partial charge in [0, 0.05) is 24.5 Å². The van der Waals surface area contributed by atoms with Crippen molar-refractivity contribution in [3.8, 4) is 5.88 Å². The summed E-state index contributed by atoms with van der Waals surface area (Å²) < 4.78 is 5.11. The first kappa shape index (κ1) is 20.2. The fourth-order valence-corrected chi connectivity index (χ4v) is 4.01. The van der Waals surface area contributed by atoms with Crippen molar-refractivity contribution in [3.05, 3.63) is 40.5 Å². The third-order valence-corrected chi connectivity index (χ3v) is 5.59. The van der Waals surface area contributed by atoms with E-state index in [0.717, 1.165) is 5.69 Å². The van der Waals surface area contributed by atoms with E-state index >= 15 is 0 Å². The molecule has 0 unspecified atom stereocenters. The predicted molar refractivity (Wildman–Crippen MR) is 104 cm³/mol. The van der Waals surface area contributed by atoms with E-state index in [-0.39, 0.29) is 23.6 Å². The van der Waals surface area contributed by atoms with Crippen LogP contribution < -0.4 is 10.1 Å². The molecule has 9 heteroatoms. The van der Waals surface area contributed by atoms with E-state index in [0.29, 0.717) is 31.4 Å². The zero-order valence-corrected chi connectivity index (χ0v) is 16.7. The standard InChI is InChI=1S/C19H24N4O4S/c1-23(9-13-10-28-11-21-13)19(26)12-5-6-15(16(24)8-12)22-17(25)14-4-3-7-20-18(14)27-2/h3-4,7,10-12,15-16,24H,5-6,8-9H2,1-2H3,(H,22,25)/t12-,15+,16+/m0/s1. The molecule has 0 radical (unpaired) electrons. The monoisotopic (exact) mass is 404 g/mol. The second-order valence-corrected chi connectivity index (χ2v) is 7.61. The van der Waals surface area contributed by atoms with E-state index in [9.17, 15) is 14.7 Å². The van der Waals surface area contributed by atoms with Gasteiger partial charge in [0.25, 0.3) is 5.91 Å². The van der Waals surface area contributed by atoms with Gasteiger partial charge in [-0.1, -0.05) is 0 Å². The number of amides is 2. The van der Waals surface area contributed by atoms with Crippen LogP contribution in [0.2, 0.25) is 0 Å². The lowest BCUT2D eigenvalue weighted by Crippen LogP contribution is -2.49. The van der Waals surface area contributed by atoms with Gasteiger partial charge in [0.15, 0.2) is 0 Å². The number of aliphatic hydroxyl groups excluding tert-OH is 1. The lowest BCUT2D eigenvalue weighted by Gasteiger charge is -2.34. The first-order chi connectivity index (χ1) is 13.5. The molecule has 1 aliphatic carbocycles. The van der Waals surface area contributed by atoms with Crippen molar-refractivity contribution in [3.63, 3.8) is 0 Å². The summed E-state index contributed by atoms with van der Waals surface area (Å²) in [5.41, 5.74) is 2.91. The normalized spacial score (nSPS) is 21.8. The van der Waals surface area contributed by atoms with Crippen LogP contribution in [0.15, 0.2) is 29.2 Å². The smallest absolute Gasteiger partial charge is 0.257 e. The average Bonchev–Trinajstić information content (AvgIpc) is 3.21. The van der Waals surface area contributed by atoms with Crippen LogP contribution in [0, 0.1) is 5.92 Å². The fourth-order valence-electron chi connectivity index (χ4n) is 3.46. The van der Waals surface area contributed by atoms with Crippen molar-refractivity contribution in [1.82, 2.24) is 20.2 Å². The van der Waals surface area contributed by atoms with Gasteiger partial charge in [0.05, 0.1) is 37.0 Å². The van der Waals surface area contributed by atoms with Crippen molar-refractivity contribution < 1.29 is 19.4 Å². The van der Waals surface area contributed by atoms with Gasteiger partial charge in [-0.15, -0.1) is 11.3 Å². The molecule has 0 saturated heterocycles. The molecule has 2 aromatic rings. The summed E-state index contributed by atoms with van der Waals surface area (Å²) in [6, 6.07) is 2.86. The van der Waals surface area contributed by atoms with E-state index in [1.165, 1.54) is 18.4 Å². The minimum Gasteiger partial charge on any atom is -0.480 e. The zero-order valence-electron chi connectivity index (χ0n) is 15.9. The number of hydrogen-bond donors (Lipinski definition) is 2. The number of ether oxygens (including phenoxy) is 1. The minimum atomic E-state index is -0.790. The number of carbonyl (C=O) groups is 2. The highest BCUT2D eigenvalue weighted by Gasteiger charge is 2.35. The second-order valence-electron chi connectivity index (χ2n) is 6.89. The highest BCUT2D eigenvalue weighted by molar-refractivity contribution is 7.07. The summed E-state index contributed by atoms with van der Waals surface area (Å²) in [5, 5.41) is 15.3. The summed E-state index contributed by atoms with van der Waals surface area (Å²) in [5.74, 6) is -0.382. The van der Waals surface area contributed by atoms with E-state index in [2.05, 4.69) is 15.3 Å². The van der Waals surface area contributed by atoms with Gasteiger partial charge in [-0.2, -0.15) is 0 Å². The van der Waals surface area contributed by atoms with Gasteiger partial charge in [0.2, 0.25) is 11.8 Å². The summed E-state index contributed by atoms with van der Waals surface area (Å²) in [6.07, 6.45) is 2.20. The number of pyridine rings is 1. The molecule has 1 fully saturated rings. The maximum atomic E-state index is 12.7. The molecule has 1 saturated carbocycles. The van der Waals surface area contributed by atoms with Gasteiger partial charge >= 0.3 is 0 Å². The molecule has 0 bridgehead atoms. The molecule has 0 aliphatic heterocycles. The molecule has 1 aliphatic rings. The molecule has 2 heterocycles. The molecule has 28 heavy (non-hydrogen) atoms.